The second-order valence-electron chi connectivity index (χ2n) is 5.43. The summed E-state index contributed by atoms with van der Waals surface area (Å²) in [5, 5.41) is 3.21. The van der Waals surface area contributed by atoms with E-state index in [4.69, 9.17) is 0 Å². The van der Waals surface area contributed by atoms with Crippen molar-refractivity contribution < 1.29 is 4.79 Å². The molecule has 2 heterocycles. The van der Waals surface area contributed by atoms with Crippen LogP contribution in [0.3, 0.4) is 0 Å². The van der Waals surface area contributed by atoms with E-state index in [0.29, 0.717) is 17.7 Å². The largest absolute Gasteiger partial charge is 0.352 e. The highest BCUT2D eigenvalue weighted by molar-refractivity contribution is 5.92. The first-order valence-electron chi connectivity index (χ1n) is 7.59. The lowest BCUT2D eigenvalue weighted by atomic mass is 10.2. The van der Waals surface area contributed by atoms with E-state index in [1.165, 1.54) is 12.8 Å². The van der Waals surface area contributed by atoms with Crippen LogP contribution in [0.1, 0.15) is 56.4 Å². The Hall–Kier alpha value is -1.65. The molecule has 5 nitrogen and oxygen atoms in total. The van der Waals surface area contributed by atoms with Crippen LogP contribution in [0.5, 0.6) is 0 Å². The molecule has 5 heteroatoms. The van der Waals surface area contributed by atoms with Crippen LogP contribution in [0.2, 0.25) is 0 Å². The second kappa shape index (κ2) is 7.22. The molecule has 1 fully saturated rings. The highest BCUT2D eigenvalue weighted by Gasteiger charge is 2.19. The number of hydrogen-bond donors (Lipinski definition) is 1. The van der Waals surface area contributed by atoms with Gasteiger partial charge in [0.05, 0.1) is 0 Å². The third-order valence-corrected chi connectivity index (χ3v) is 3.76. The fraction of sp³-hybridized carbons (Fsp3) is 0.667. The average molecular weight is 276 g/mol. The summed E-state index contributed by atoms with van der Waals surface area (Å²) < 4.78 is 0. The van der Waals surface area contributed by atoms with Gasteiger partial charge in [0.1, 0.15) is 5.69 Å². The van der Waals surface area contributed by atoms with Gasteiger partial charge < -0.3 is 10.2 Å². The predicted octanol–water partition coefficient (Wildman–Crippen LogP) is 2.70. The number of anilines is 1. The molecule has 0 saturated carbocycles. The van der Waals surface area contributed by atoms with Crippen molar-refractivity contribution in [2.75, 3.05) is 18.4 Å². The number of likely N-dealkylation sites (tertiary alicyclic amines) is 1. The Morgan fingerprint density at radius 2 is 2.05 bits per heavy atom. The van der Waals surface area contributed by atoms with E-state index in [-0.39, 0.29) is 5.91 Å². The van der Waals surface area contributed by atoms with Crippen molar-refractivity contribution in [1.82, 2.24) is 14.9 Å². The number of rotatable bonds is 4. The second-order valence-corrected chi connectivity index (χ2v) is 5.43. The van der Waals surface area contributed by atoms with Crippen molar-refractivity contribution in [1.29, 1.82) is 0 Å². The lowest BCUT2D eigenvalue weighted by Gasteiger charge is -2.20. The Morgan fingerprint density at radius 3 is 2.70 bits per heavy atom. The summed E-state index contributed by atoms with van der Waals surface area (Å²) in [5.74, 6) is 0.571. The summed E-state index contributed by atoms with van der Waals surface area (Å²) in [6, 6.07) is 2.01. The number of carbonyl (C=O) groups excluding carboxylic acids is 1. The summed E-state index contributed by atoms with van der Waals surface area (Å²) in [6.07, 6.45) is 7.27. The maximum Gasteiger partial charge on any atom is 0.272 e. The highest BCUT2D eigenvalue weighted by atomic mass is 16.2. The molecular weight excluding hydrogens is 252 g/mol. The van der Waals surface area contributed by atoms with Crippen molar-refractivity contribution in [3.05, 3.63) is 18.0 Å². The third kappa shape index (κ3) is 3.92. The summed E-state index contributed by atoms with van der Waals surface area (Å²) in [7, 11) is 0. The molecule has 1 saturated heterocycles. The van der Waals surface area contributed by atoms with Gasteiger partial charge in [0.25, 0.3) is 5.91 Å². The Bertz CT molecular complexity index is 441. The van der Waals surface area contributed by atoms with Gasteiger partial charge in [-0.25, -0.2) is 9.97 Å². The van der Waals surface area contributed by atoms with E-state index in [2.05, 4.69) is 29.1 Å². The molecule has 1 N–H and O–H groups in total. The SMILES string of the molecule is CCC(C)Nc1nccc(C(=O)N2CCCCCC2)n1. The van der Waals surface area contributed by atoms with Crippen LogP contribution in [0.15, 0.2) is 12.3 Å². The number of amides is 1. The molecule has 1 aliphatic heterocycles. The number of nitrogens with zero attached hydrogens (tertiary/aromatic N) is 3. The molecule has 110 valence electrons. The minimum Gasteiger partial charge on any atom is -0.352 e. The molecular formula is C15H24N4O. The van der Waals surface area contributed by atoms with Gasteiger partial charge in [-0.05, 0) is 32.3 Å². The first-order chi connectivity index (χ1) is 9.70. The first kappa shape index (κ1) is 14.8. The Kier molecular flexibility index (Phi) is 5.32. The van der Waals surface area contributed by atoms with Crippen molar-refractivity contribution in [2.24, 2.45) is 0 Å². The van der Waals surface area contributed by atoms with Crippen molar-refractivity contribution in [2.45, 2.75) is 52.0 Å². The van der Waals surface area contributed by atoms with E-state index in [9.17, 15) is 4.79 Å². The zero-order valence-electron chi connectivity index (χ0n) is 12.4. The molecule has 1 unspecified atom stereocenters. The van der Waals surface area contributed by atoms with Gasteiger partial charge in [-0.2, -0.15) is 0 Å². The monoisotopic (exact) mass is 276 g/mol. The summed E-state index contributed by atoms with van der Waals surface area (Å²) in [5.41, 5.74) is 0.493. The van der Waals surface area contributed by atoms with Crippen LogP contribution < -0.4 is 5.32 Å². The zero-order valence-corrected chi connectivity index (χ0v) is 12.4. The summed E-state index contributed by atoms with van der Waals surface area (Å²) in [4.78, 5) is 22.9. The maximum absolute atomic E-state index is 12.5. The highest BCUT2D eigenvalue weighted by Crippen LogP contribution is 2.13. The van der Waals surface area contributed by atoms with Crippen LogP contribution in [-0.4, -0.2) is 39.9 Å². The van der Waals surface area contributed by atoms with Gasteiger partial charge in [0, 0.05) is 25.3 Å². The standard InChI is InChI=1S/C15H24N4O/c1-3-12(2)17-15-16-9-8-13(18-15)14(20)19-10-6-4-5-7-11-19/h8-9,12H,3-7,10-11H2,1-2H3,(H,16,17,18). The van der Waals surface area contributed by atoms with Crippen LogP contribution in [-0.2, 0) is 0 Å². The zero-order chi connectivity index (χ0) is 14.4. The third-order valence-electron chi connectivity index (χ3n) is 3.76. The van der Waals surface area contributed by atoms with Gasteiger partial charge in [-0.1, -0.05) is 19.8 Å². The molecule has 0 aliphatic carbocycles. The molecule has 0 bridgehead atoms. The van der Waals surface area contributed by atoms with Gasteiger partial charge in [-0.15, -0.1) is 0 Å². The molecule has 2 rings (SSSR count). The molecule has 0 spiro atoms. The van der Waals surface area contributed by atoms with E-state index in [0.717, 1.165) is 32.4 Å². The van der Waals surface area contributed by atoms with Crippen molar-refractivity contribution in [3.8, 4) is 0 Å². The molecule has 0 radical (unpaired) electrons. The summed E-state index contributed by atoms with van der Waals surface area (Å²) >= 11 is 0. The maximum atomic E-state index is 12.5. The van der Waals surface area contributed by atoms with E-state index in [1.807, 2.05) is 4.90 Å². The Balaban J connectivity index is 2.07. The smallest absolute Gasteiger partial charge is 0.272 e. The molecule has 1 aromatic heterocycles. The number of hydrogen-bond acceptors (Lipinski definition) is 4. The van der Waals surface area contributed by atoms with Crippen LogP contribution in [0.25, 0.3) is 0 Å². The van der Waals surface area contributed by atoms with Crippen molar-refractivity contribution >= 4 is 11.9 Å². The summed E-state index contributed by atoms with van der Waals surface area (Å²) in [6.45, 7) is 5.87. The molecule has 1 amide bonds. The Labute approximate surface area is 120 Å². The van der Waals surface area contributed by atoms with Gasteiger partial charge >= 0.3 is 0 Å². The lowest BCUT2D eigenvalue weighted by molar-refractivity contribution is 0.0755. The van der Waals surface area contributed by atoms with Gasteiger partial charge in [-0.3, -0.25) is 4.79 Å². The topological polar surface area (TPSA) is 58.1 Å². The fourth-order valence-electron chi connectivity index (χ4n) is 2.31. The number of nitrogens with one attached hydrogen (secondary N) is 1. The van der Waals surface area contributed by atoms with Crippen LogP contribution in [0.4, 0.5) is 5.95 Å². The van der Waals surface area contributed by atoms with E-state index < -0.39 is 0 Å². The van der Waals surface area contributed by atoms with E-state index >= 15 is 0 Å². The molecule has 0 aromatic carbocycles. The molecule has 1 aromatic rings. The predicted molar refractivity (Wildman–Crippen MR) is 79.8 cm³/mol. The molecule has 1 aliphatic rings. The Morgan fingerprint density at radius 1 is 1.35 bits per heavy atom. The van der Waals surface area contributed by atoms with Crippen LogP contribution in [0, 0.1) is 0 Å². The number of aromatic nitrogens is 2. The molecule has 20 heavy (non-hydrogen) atoms. The minimum atomic E-state index is 0.0292. The van der Waals surface area contributed by atoms with Gasteiger partial charge in [0.15, 0.2) is 0 Å². The number of carbonyl (C=O) groups is 1. The quantitative estimate of drug-likeness (QED) is 0.918. The first-order valence-corrected chi connectivity index (χ1v) is 7.59. The average Bonchev–Trinajstić information content (AvgIpc) is 2.75. The van der Waals surface area contributed by atoms with Crippen molar-refractivity contribution in [3.63, 3.8) is 0 Å². The minimum absolute atomic E-state index is 0.0292. The normalized spacial score (nSPS) is 17.4. The van der Waals surface area contributed by atoms with Crippen LogP contribution >= 0.6 is 0 Å². The van der Waals surface area contributed by atoms with Gasteiger partial charge in [0.2, 0.25) is 5.95 Å². The fourth-order valence-corrected chi connectivity index (χ4v) is 2.31. The lowest BCUT2D eigenvalue weighted by Crippen LogP contribution is -2.32. The molecule has 1 atom stereocenters. The van der Waals surface area contributed by atoms with E-state index in [1.54, 1.807) is 12.3 Å².